The molecule has 1 aliphatic carbocycles. The summed E-state index contributed by atoms with van der Waals surface area (Å²) in [6.45, 7) is 4.69. The Hall–Kier alpha value is -2.56. The molecule has 2 N–H and O–H groups in total. The summed E-state index contributed by atoms with van der Waals surface area (Å²) >= 11 is 0. The van der Waals surface area contributed by atoms with Gasteiger partial charge < -0.3 is 15.2 Å². The molecule has 126 valence electrons. The highest BCUT2D eigenvalue weighted by atomic mass is 16.2. The summed E-state index contributed by atoms with van der Waals surface area (Å²) in [7, 11) is 0. The number of hydrogen-bond acceptors (Lipinski definition) is 2. The topological polar surface area (TPSA) is 63.1 Å². The maximum absolute atomic E-state index is 12.4. The lowest BCUT2D eigenvalue weighted by atomic mass is 10.2. The first-order valence-corrected chi connectivity index (χ1v) is 8.33. The number of aromatic nitrogens is 1. The third-order valence-corrected chi connectivity index (χ3v) is 4.35. The van der Waals surface area contributed by atoms with Crippen molar-refractivity contribution in [1.82, 2.24) is 15.2 Å². The zero-order valence-corrected chi connectivity index (χ0v) is 14.1. The van der Waals surface area contributed by atoms with Crippen LogP contribution in [0, 0.1) is 13.8 Å². The zero-order valence-electron chi connectivity index (χ0n) is 14.1. The Bertz CT molecular complexity index is 745. The lowest BCUT2D eigenvalue weighted by Crippen LogP contribution is -2.37. The molecule has 3 rings (SSSR count). The smallest absolute Gasteiger partial charge is 0.253 e. The molecule has 0 unspecified atom stereocenters. The van der Waals surface area contributed by atoms with Crippen LogP contribution < -0.4 is 10.6 Å². The fraction of sp³-hybridized carbons (Fsp3) is 0.368. The molecule has 0 bridgehead atoms. The largest absolute Gasteiger partial charge is 0.352 e. The van der Waals surface area contributed by atoms with Crippen molar-refractivity contribution in [3.05, 3.63) is 58.9 Å². The van der Waals surface area contributed by atoms with Gasteiger partial charge in [-0.15, -0.1) is 0 Å². The van der Waals surface area contributed by atoms with E-state index in [0.29, 0.717) is 11.6 Å². The summed E-state index contributed by atoms with van der Waals surface area (Å²) in [5.41, 5.74) is 3.76. The van der Waals surface area contributed by atoms with Crippen molar-refractivity contribution in [2.24, 2.45) is 0 Å². The molecule has 1 saturated carbocycles. The normalized spacial score (nSPS) is 13.6. The second-order valence-electron chi connectivity index (χ2n) is 6.38. The SMILES string of the molecule is Cc1cc(C(=O)NCC(=O)NC2CC2)c(C)n1Cc1ccccc1. The summed E-state index contributed by atoms with van der Waals surface area (Å²) in [5.74, 6) is -0.322. The Morgan fingerprint density at radius 1 is 1.17 bits per heavy atom. The molecule has 1 fully saturated rings. The summed E-state index contributed by atoms with van der Waals surface area (Å²) in [6, 6.07) is 12.3. The summed E-state index contributed by atoms with van der Waals surface area (Å²) in [6.07, 6.45) is 2.08. The van der Waals surface area contributed by atoms with Gasteiger partial charge in [-0.1, -0.05) is 30.3 Å². The number of carbonyl (C=O) groups is 2. The molecule has 0 spiro atoms. The molecule has 0 saturated heterocycles. The van der Waals surface area contributed by atoms with Crippen LogP contribution in [0.25, 0.3) is 0 Å². The van der Waals surface area contributed by atoms with Gasteiger partial charge >= 0.3 is 0 Å². The summed E-state index contributed by atoms with van der Waals surface area (Å²) < 4.78 is 2.12. The number of amides is 2. The lowest BCUT2D eigenvalue weighted by Gasteiger charge is -2.10. The van der Waals surface area contributed by atoms with E-state index >= 15 is 0 Å². The molecule has 1 aliphatic rings. The monoisotopic (exact) mass is 325 g/mol. The van der Waals surface area contributed by atoms with E-state index in [1.54, 1.807) is 0 Å². The summed E-state index contributed by atoms with van der Waals surface area (Å²) in [5, 5.41) is 5.58. The number of carbonyl (C=O) groups excluding carboxylic acids is 2. The Balaban J connectivity index is 1.66. The molecule has 0 radical (unpaired) electrons. The van der Waals surface area contributed by atoms with Gasteiger partial charge in [0.25, 0.3) is 5.91 Å². The molecule has 1 heterocycles. The minimum absolute atomic E-state index is 0.0255. The highest BCUT2D eigenvalue weighted by Crippen LogP contribution is 2.18. The highest BCUT2D eigenvalue weighted by Gasteiger charge is 2.23. The van der Waals surface area contributed by atoms with Crippen molar-refractivity contribution in [3.8, 4) is 0 Å². The minimum atomic E-state index is -0.201. The highest BCUT2D eigenvalue weighted by molar-refractivity contribution is 5.97. The Morgan fingerprint density at radius 3 is 2.54 bits per heavy atom. The second kappa shape index (κ2) is 6.91. The van der Waals surface area contributed by atoms with Gasteiger partial charge in [0.05, 0.1) is 12.1 Å². The fourth-order valence-electron chi connectivity index (χ4n) is 2.80. The first-order chi connectivity index (χ1) is 11.5. The average Bonchev–Trinajstić information content (AvgIpc) is 3.34. The van der Waals surface area contributed by atoms with Gasteiger partial charge in [0.1, 0.15) is 0 Å². The Kier molecular flexibility index (Phi) is 4.69. The number of rotatable bonds is 6. The number of hydrogen-bond donors (Lipinski definition) is 2. The van der Waals surface area contributed by atoms with Crippen molar-refractivity contribution in [1.29, 1.82) is 0 Å². The van der Waals surface area contributed by atoms with Gasteiger partial charge in [-0.3, -0.25) is 9.59 Å². The number of nitrogens with one attached hydrogen (secondary N) is 2. The van der Waals surface area contributed by atoms with Gasteiger partial charge in [-0.05, 0) is 38.3 Å². The van der Waals surface area contributed by atoms with Crippen LogP contribution in [0.1, 0.15) is 40.2 Å². The number of benzene rings is 1. The number of aryl methyl sites for hydroxylation is 1. The molecule has 0 aliphatic heterocycles. The Labute approximate surface area is 142 Å². The van der Waals surface area contributed by atoms with Crippen LogP contribution in [0.4, 0.5) is 0 Å². The van der Waals surface area contributed by atoms with Crippen molar-refractivity contribution in [2.75, 3.05) is 6.54 Å². The van der Waals surface area contributed by atoms with Crippen molar-refractivity contribution in [3.63, 3.8) is 0 Å². The molecule has 2 amide bonds. The van der Waals surface area contributed by atoms with E-state index in [2.05, 4.69) is 27.3 Å². The molecular formula is C19H23N3O2. The van der Waals surface area contributed by atoms with E-state index in [1.807, 2.05) is 38.1 Å². The van der Waals surface area contributed by atoms with Gasteiger partial charge in [-0.2, -0.15) is 0 Å². The molecular weight excluding hydrogens is 302 g/mol. The maximum atomic E-state index is 12.4. The predicted molar refractivity (Wildman–Crippen MR) is 92.9 cm³/mol. The lowest BCUT2D eigenvalue weighted by molar-refractivity contribution is -0.120. The summed E-state index contributed by atoms with van der Waals surface area (Å²) in [4.78, 5) is 24.1. The van der Waals surface area contributed by atoms with Crippen LogP contribution in [0.5, 0.6) is 0 Å². The molecule has 1 aromatic heterocycles. The molecule has 0 atom stereocenters. The predicted octanol–water partition coefficient (Wildman–Crippen LogP) is 2.16. The average molecular weight is 325 g/mol. The maximum Gasteiger partial charge on any atom is 0.253 e. The van der Waals surface area contributed by atoms with Gasteiger partial charge in [0.15, 0.2) is 0 Å². The molecule has 24 heavy (non-hydrogen) atoms. The van der Waals surface area contributed by atoms with Crippen LogP contribution in [0.15, 0.2) is 36.4 Å². The van der Waals surface area contributed by atoms with Crippen molar-refractivity contribution < 1.29 is 9.59 Å². The van der Waals surface area contributed by atoms with E-state index in [0.717, 1.165) is 30.8 Å². The third kappa shape index (κ3) is 3.85. The third-order valence-electron chi connectivity index (χ3n) is 4.35. The molecule has 1 aromatic carbocycles. The first kappa shape index (κ1) is 16.3. The van der Waals surface area contributed by atoms with Crippen LogP contribution in [-0.4, -0.2) is 29.0 Å². The van der Waals surface area contributed by atoms with Crippen molar-refractivity contribution >= 4 is 11.8 Å². The van der Waals surface area contributed by atoms with E-state index in [4.69, 9.17) is 0 Å². The zero-order chi connectivity index (χ0) is 17.1. The van der Waals surface area contributed by atoms with Crippen LogP contribution in [-0.2, 0) is 11.3 Å². The minimum Gasteiger partial charge on any atom is -0.352 e. The number of nitrogens with zero attached hydrogens (tertiary/aromatic N) is 1. The van der Waals surface area contributed by atoms with Gasteiger partial charge in [0, 0.05) is 24.0 Å². The van der Waals surface area contributed by atoms with Crippen LogP contribution in [0.2, 0.25) is 0 Å². The van der Waals surface area contributed by atoms with Crippen LogP contribution in [0.3, 0.4) is 0 Å². The second-order valence-corrected chi connectivity index (χ2v) is 6.38. The fourth-order valence-corrected chi connectivity index (χ4v) is 2.80. The standard InChI is InChI=1S/C19H23N3O2/c1-13-10-17(19(24)20-11-18(23)21-16-8-9-16)14(2)22(13)12-15-6-4-3-5-7-15/h3-7,10,16H,8-9,11-12H2,1-2H3,(H,20,24)(H,21,23). The van der Waals surface area contributed by atoms with E-state index in [9.17, 15) is 9.59 Å². The molecule has 5 nitrogen and oxygen atoms in total. The Morgan fingerprint density at radius 2 is 1.88 bits per heavy atom. The molecule has 2 aromatic rings. The van der Waals surface area contributed by atoms with Crippen molar-refractivity contribution in [2.45, 2.75) is 39.3 Å². The quantitative estimate of drug-likeness (QED) is 0.855. The van der Waals surface area contributed by atoms with E-state index in [-0.39, 0.29) is 18.4 Å². The van der Waals surface area contributed by atoms with E-state index in [1.165, 1.54) is 5.56 Å². The first-order valence-electron chi connectivity index (χ1n) is 8.33. The van der Waals surface area contributed by atoms with E-state index < -0.39 is 0 Å². The van der Waals surface area contributed by atoms with Gasteiger partial charge in [0.2, 0.25) is 5.91 Å². The van der Waals surface area contributed by atoms with Crippen LogP contribution >= 0.6 is 0 Å². The van der Waals surface area contributed by atoms with Gasteiger partial charge in [-0.25, -0.2) is 0 Å². The molecule has 5 heteroatoms.